The Morgan fingerprint density at radius 1 is 1.17 bits per heavy atom. The third kappa shape index (κ3) is 5.72. The molecule has 3 rings (SSSR count). The molecule has 1 aromatic heterocycles. The number of esters is 1. The van der Waals surface area contributed by atoms with Crippen LogP contribution >= 0.6 is 23.6 Å². The molecular weight excluding hydrogens is 410 g/mol. The molecule has 0 bridgehead atoms. The highest BCUT2D eigenvalue weighted by Crippen LogP contribution is 2.27. The van der Waals surface area contributed by atoms with E-state index in [9.17, 15) is 9.59 Å². The number of benzene rings is 2. The van der Waals surface area contributed by atoms with Gasteiger partial charge in [-0.05, 0) is 56.4 Å². The SMILES string of the molecule is CCOC(=O)c1ccc2nc(NC(=S)NC(=O)COc3ccc(C)cc3)sc2c1. The Labute approximate surface area is 177 Å². The van der Waals surface area contributed by atoms with E-state index in [1.54, 1.807) is 37.3 Å². The number of rotatable bonds is 6. The molecule has 7 nitrogen and oxygen atoms in total. The van der Waals surface area contributed by atoms with Crippen LogP contribution in [-0.4, -0.2) is 35.2 Å². The van der Waals surface area contributed by atoms with E-state index in [2.05, 4.69) is 15.6 Å². The summed E-state index contributed by atoms with van der Waals surface area (Å²) < 4.78 is 11.2. The molecule has 0 radical (unpaired) electrons. The van der Waals surface area contributed by atoms with Gasteiger partial charge in [-0.15, -0.1) is 0 Å². The highest BCUT2D eigenvalue weighted by atomic mass is 32.1. The van der Waals surface area contributed by atoms with Crippen LogP contribution in [0.25, 0.3) is 10.2 Å². The van der Waals surface area contributed by atoms with Crippen molar-refractivity contribution in [2.75, 3.05) is 18.5 Å². The average Bonchev–Trinajstić information content (AvgIpc) is 3.08. The van der Waals surface area contributed by atoms with Gasteiger partial charge < -0.3 is 14.8 Å². The van der Waals surface area contributed by atoms with Crippen molar-refractivity contribution in [2.45, 2.75) is 13.8 Å². The van der Waals surface area contributed by atoms with Crippen molar-refractivity contribution < 1.29 is 19.1 Å². The first-order chi connectivity index (χ1) is 13.9. The summed E-state index contributed by atoms with van der Waals surface area (Å²) >= 11 is 6.47. The predicted molar refractivity (Wildman–Crippen MR) is 117 cm³/mol. The number of thiocarbonyl (C=S) groups is 1. The van der Waals surface area contributed by atoms with E-state index < -0.39 is 0 Å². The lowest BCUT2D eigenvalue weighted by Gasteiger charge is -2.08. The van der Waals surface area contributed by atoms with E-state index >= 15 is 0 Å². The second-order valence-electron chi connectivity index (χ2n) is 6.03. The average molecular weight is 430 g/mol. The number of thiazole rings is 1. The third-order valence-electron chi connectivity index (χ3n) is 3.76. The van der Waals surface area contributed by atoms with Crippen LogP contribution < -0.4 is 15.4 Å². The summed E-state index contributed by atoms with van der Waals surface area (Å²) in [6, 6.07) is 12.5. The lowest BCUT2D eigenvalue weighted by Crippen LogP contribution is -2.37. The number of aromatic nitrogens is 1. The third-order valence-corrected chi connectivity index (χ3v) is 4.90. The standard InChI is InChI=1S/C20H19N3O4S2/c1-3-26-18(25)13-6-9-15-16(10-13)29-20(21-15)23-19(28)22-17(24)11-27-14-7-4-12(2)5-8-14/h4-10H,3,11H2,1-2H3,(H2,21,22,23,24,28). The lowest BCUT2D eigenvalue weighted by molar-refractivity contribution is -0.121. The molecule has 2 aromatic carbocycles. The Bertz CT molecular complexity index is 1050. The number of ether oxygens (including phenoxy) is 2. The van der Waals surface area contributed by atoms with Crippen LogP contribution in [-0.2, 0) is 9.53 Å². The Kier molecular flexibility index (Phi) is 6.73. The molecule has 0 saturated carbocycles. The maximum Gasteiger partial charge on any atom is 0.338 e. The van der Waals surface area contributed by atoms with Gasteiger partial charge in [0.1, 0.15) is 5.75 Å². The van der Waals surface area contributed by atoms with Crippen LogP contribution in [0.4, 0.5) is 5.13 Å². The van der Waals surface area contributed by atoms with Crippen LogP contribution in [0.3, 0.4) is 0 Å². The first-order valence-corrected chi connectivity index (χ1v) is 10.0. The topological polar surface area (TPSA) is 89.5 Å². The Morgan fingerprint density at radius 3 is 2.66 bits per heavy atom. The Hall–Kier alpha value is -3.04. The van der Waals surface area contributed by atoms with Gasteiger partial charge in [-0.25, -0.2) is 9.78 Å². The van der Waals surface area contributed by atoms with Gasteiger partial charge in [0, 0.05) is 0 Å². The fourth-order valence-corrected chi connectivity index (χ4v) is 3.58. The first kappa shape index (κ1) is 20.7. The van der Waals surface area contributed by atoms with E-state index in [0.717, 1.165) is 10.3 Å². The number of carbonyl (C=O) groups is 2. The summed E-state index contributed by atoms with van der Waals surface area (Å²) in [6.45, 7) is 3.88. The van der Waals surface area contributed by atoms with Gasteiger partial charge in [0.25, 0.3) is 5.91 Å². The second kappa shape index (κ2) is 9.44. The molecule has 29 heavy (non-hydrogen) atoms. The molecular formula is C20H19N3O4S2. The molecule has 2 N–H and O–H groups in total. The molecule has 9 heteroatoms. The largest absolute Gasteiger partial charge is 0.484 e. The molecule has 0 fully saturated rings. The maximum atomic E-state index is 12.0. The number of anilines is 1. The summed E-state index contributed by atoms with van der Waals surface area (Å²) in [5.41, 5.74) is 2.28. The molecule has 0 saturated heterocycles. The van der Waals surface area contributed by atoms with Gasteiger partial charge in [-0.3, -0.25) is 10.1 Å². The molecule has 0 aliphatic carbocycles. The minimum Gasteiger partial charge on any atom is -0.484 e. The number of aryl methyl sites for hydroxylation is 1. The number of nitrogens with zero attached hydrogens (tertiary/aromatic N) is 1. The first-order valence-electron chi connectivity index (χ1n) is 8.82. The fourth-order valence-electron chi connectivity index (χ4n) is 2.39. The number of nitrogens with one attached hydrogen (secondary N) is 2. The van der Waals surface area contributed by atoms with Crippen molar-refractivity contribution in [2.24, 2.45) is 0 Å². The van der Waals surface area contributed by atoms with Crippen LogP contribution in [0.5, 0.6) is 5.75 Å². The fraction of sp³-hybridized carbons (Fsp3) is 0.200. The highest BCUT2D eigenvalue weighted by molar-refractivity contribution is 7.80. The zero-order chi connectivity index (χ0) is 20.8. The van der Waals surface area contributed by atoms with Gasteiger partial charge in [-0.1, -0.05) is 29.0 Å². The minimum absolute atomic E-state index is 0.118. The maximum absolute atomic E-state index is 12.0. The normalized spacial score (nSPS) is 10.4. The van der Waals surface area contributed by atoms with Crippen molar-refractivity contribution in [1.82, 2.24) is 10.3 Å². The number of hydrogen-bond donors (Lipinski definition) is 2. The summed E-state index contributed by atoms with van der Waals surface area (Å²) in [7, 11) is 0. The molecule has 3 aromatic rings. The molecule has 1 heterocycles. The van der Waals surface area contributed by atoms with Gasteiger partial charge >= 0.3 is 5.97 Å². The van der Waals surface area contributed by atoms with Crippen molar-refractivity contribution in [3.8, 4) is 5.75 Å². The Morgan fingerprint density at radius 2 is 1.93 bits per heavy atom. The van der Waals surface area contributed by atoms with Crippen LogP contribution in [0.15, 0.2) is 42.5 Å². The Balaban J connectivity index is 1.55. The number of fused-ring (bicyclic) bond motifs is 1. The molecule has 0 unspecified atom stereocenters. The summed E-state index contributed by atoms with van der Waals surface area (Å²) in [6.07, 6.45) is 0. The van der Waals surface area contributed by atoms with E-state index in [-0.39, 0.29) is 23.6 Å². The predicted octanol–water partition coefficient (Wildman–Crippen LogP) is 3.67. The molecule has 1 amide bonds. The van der Waals surface area contributed by atoms with Gasteiger partial charge in [0.2, 0.25) is 0 Å². The minimum atomic E-state index is -0.381. The zero-order valence-electron chi connectivity index (χ0n) is 15.9. The van der Waals surface area contributed by atoms with Crippen LogP contribution in [0, 0.1) is 6.92 Å². The molecule has 0 spiro atoms. The van der Waals surface area contributed by atoms with Crippen molar-refractivity contribution >= 4 is 55.9 Å². The summed E-state index contributed by atoms with van der Waals surface area (Å²) in [5, 5.41) is 6.05. The smallest absolute Gasteiger partial charge is 0.338 e. The van der Waals surface area contributed by atoms with Gasteiger partial charge in [0.05, 0.1) is 22.4 Å². The quantitative estimate of drug-likeness (QED) is 0.456. The van der Waals surface area contributed by atoms with Crippen LogP contribution in [0.1, 0.15) is 22.8 Å². The van der Waals surface area contributed by atoms with Crippen LogP contribution in [0.2, 0.25) is 0 Å². The van der Waals surface area contributed by atoms with Gasteiger partial charge in [-0.2, -0.15) is 0 Å². The van der Waals surface area contributed by atoms with E-state index in [1.807, 2.05) is 19.1 Å². The number of amides is 1. The highest BCUT2D eigenvalue weighted by Gasteiger charge is 2.12. The van der Waals surface area contributed by atoms with Crippen molar-refractivity contribution in [3.05, 3.63) is 53.6 Å². The molecule has 0 aliphatic rings. The van der Waals surface area contributed by atoms with E-state index in [1.165, 1.54) is 11.3 Å². The van der Waals surface area contributed by atoms with E-state index in [4.69, 9.17) is 21.7 Å². The van der Waals surface area contributed by atoms with Crippen molar-refractivity contribution in [1.29, 1.82) is 0 Å². The number of carbonyl (C=O) groups excluding carboxylic acids is 2. The van der Waals surface area contributed by atoms with Crippen molar-refractivity contribution in [3.63, 3.8) is 0 Å². The molecule has 150 valence electrons. The summed E-state index contributed by atoms with van der Waals surface area (Å²) in [4.78, 5) is 28.2. The number of hydrogen-bond acceptors (Lipinski definition) is 7. The lowest BCUT2D eigenvalue weighted by atomic mass is 10.2. The van der Waals surface area contributed by atoms with E-state index in [0.29, 0.717) is 28.6 Å². The molecule has 0 aliphatic heterocycles. The monoisotopic (exact) mass is 429 g/mol. The van der Waals surface area contributed by atoms with Gasteiger partial charge in [0.15, 0.2) is 16.9 Å². The zero-order valence-corrected chi connectivity index (χ0v) is 17.5. The second-order valence-corrected chi connectivity index (χ2v) is 7.46. The summed E-state index contributed by atoms with van der Waals surface area (Å²) in [5.74, 6) is -0.157. The molecule has 0 atom stereocenters.